The maximum Gasteiger partial charge on any atom is 0.287 e. The van der Waals surface area contributed by atoms with Crippen molar-refractivity contribution in [1.29, 1.82) is 0 Å². The second-order valence-corrected chi connectivity index (χ2v) is 13.0. The van der Waals surface area contributed by atoms with Crippen LogP contribution in [0, 0.1) is 27.6 Å². The van der Waals surface area contributed by atoms with E-state index in [1.54, 1.807) is 4.90 Å². The Hall–Kier alpha value is -1.96. The molecule has 0 aromatic carbocycles. The fourth-order valence-corrected chi connectivity index (χ4v) is 7.35. The summed E-state index contributed by atoms with van der Waals surface area (Å²) in [4.78, 5) is 53.1. The number of Topliss-reactive ketones (excluding diaryl/α,β-unsaturated/α-hetero) is 1. The van der Waals surface area contributed by atoms with Crippen LogP contribution in [0.2, 0.25) is 0 Å². The highest BCUT2D eigenvalue weighted by atomic mass is 16.2. The Morgan fingerprint density at radius 2 is 1.68 bits per heavy atom. The first-order chi connectivity index (χ1) is 15.7. The van der Waals surface area contributed by atoms with Gasteiger partial charge in [-0.3, -0.25) is 19.2 Å². The van der Waals surface area contributed by atoms with E-state index in [0.717, 1.165) is 32.1 Å². The van der Waals surface area contributed by atoms with Crippen LogP contribution in [0.3, 0.4) is 0 Å². The number of nitrogens with zero attached hydrogens (tertiary/aromatic N) is 1. The van der Waals surface area contributed by atoms with Crippen LogP contribution in [0.15, 0.2) is 0 Å². The number of primary amides is 1. The summed E-state index contributed by atoms with van der Waals surface area (Å²) >= 11 is 0. The van der Waals surface area contributed by atoms with E-state index < -0.39 is 35.2 Å². The van der Waals surface area contributed by atoms with Gasteiger partial charge in [0, 0.05) is 12.0 Å². The summed E-state index contributed by atoms with van der Waals surface area (Å²) < 4.78 is 0. The van der Waals surface area contributed by atoms with E-state index in [4.69, 9.17) is 11.5 Å². The smallest absolute Gasteiger partial charge is 0.287 e. The van der Waals surface area contributed by atoms with E-state index in [0.29, 0.717) is 25.3 Å². The monoisotopic (exact) mass is 474 g/mol. The van der Waals surface area contributed by atoms with Crippen LogP contribution in [0.1, 0.15) is 86.0 Å². The van der Waals surface area contributed by atoms with E-state index in [9.17, 15) is 19.2 Å². The minimum atomic E-state index is -1.04. The molecule has 3 aliphatic carbocycles. The van der Waals surface area contributed by atoms with Crippen LogP contribution in [0.5, 0.6) is 0 Å². The van der Waals surface area contributed by atoms with Crippen molar-refractivity contribution in [3.63, 3.8) is 0 Å². The van der Waals surface area contributed by atoms with Gasteiger partial charge in [-0.15, -0.1) is 0 Å². The van der Waals surface area contributed by atoms with Gasteiger partial charge >= 0.3 is 0 Å². The lowest BCUT2D eigenvalue weighted by atomic mass is 9.73. The molecule has 5 N–H and O–H groups in total. The number of likely N-dealkylation sites (tertiary alicyclic amines) is 1. The van der Waals surface area contributed by atoms with Crippen molar-refractivity contribution in [1.82, 2.24) is 10.2 Å². The van der Waals surface area contributed by atoms with Crippen LogP contribution >= 0.6 is 0 Å². The molecule has 8 heteroatoms. The number of carbonyl (C=O) groups excluding carboxylic acids is 4. The van der Waals surface area contributed by atoms with E-state index in [-0.39, 0.29) is 28.1 Å². The lowest BCUT2D eigenvalue weighted by Gasteiger charge is -2.34. The normalized spacial score (nSPS) is 30.9. The second-order valence-electron chi connectivity index (χ2n) is 13.0. The van der Waals surface area contributed by atoms with Gasteiger partial charge in [0.2, 0.25) is 17.6 Å². The summed E-state index contributed by atoms with van der Waals surface area (Å²) in [6, 6.07) is -2.38. The molecule has 0 bridgehead atoms. The van der Waals surface area contributed by atoms with Gasteiger partial charge in [-0.25, -0.2) is 0 Å². The Balaban J connectivity index is 1.60. The molecule has 0 aromatic rings. The Morgan fingerprint density at radius 1 is 1.06 bits per heavy atom. The molecule has 1 heterocycles. The molecule has 0 aromatic heterocycles. The predicted molar refractivity (Wildman–Crippen MR) is 128 cm³/mol. The lowest BCUT2D eigenvalue weighted by Crippen LogP contribution is -2.57. The Morgan fingerprint density at radius 3 is 2.09 bits per heavy atom. The van der Waals surface area contributed by atoms with Crippen LogP contribution in [0.25, 0.3) is 0 Å². The third kappa shape index (κ3) is 3.50. The maximum absolute atomic E-state index is 13.7. The highest BCUT2D eigenvalue weighted by molar-refractivity contribution is 6.37. The quantitative estimate of drug-likeness (QED) is 0.484. The number of nitrogens with one attached hydrogen (secondary N) is 1. The molecule has 3 saturated carbocycles. The number of carbonyl (C=O) groups is 4. The Bertz CT molecular complexity index is 899. The predicted octanol–water partition coefficient (Wildman–Crippen LogP) is 1.89. The van der Waals surface area contributed by atoms with Crippen molar-refractivity contribution >= 4 is 23.5 Å². The SMILES string of the molecule is CC(C)(C)C(N)C(=O)N1C[C@]2(C[C@H]1C(=O)NC(CC1CCC1)C(=O)C(N)=O)C(C)(C)C21CCC1. The molecular weight excluding hydrogens is 432 g/mol. The molecule has 3 amide bonds. The van der Waals surface area contributed by atoms with E-state index >= 15 is 0 Å². The molecular formula is C26H42N4O4. The van der Waals surface area contributed by atoms with Gasteiger partial charge < -0.3 is 21.7 Å². The van der Waals surface area contributed by atoms with Crippen molar-refractivity contribution in [2.45, 2.75) is 104 Å². The minimum absolute atomic E-state index is 0.0337. The molecule has 34 heavy (non-hydrogen) atoms. The minimum Gasteiger partial charge on any atom is -0.363 e. The van der Waals surface area contributed by atoms with Crippen LogP contribution in [0.4, 0.5) is 0 Å². The van der Waals surface area contributed by atoms with Gasteiger partial charge in [-0.1, -0.05) is 60.3 Å². The molecule has 8 nitrogen and oxygen atoms in total. The number of nitrogens with two attached hydrogens (primary N) is 2. The number of hydrogen-bond donors (Lipinski definition) is 3. The van der Waals surface area contributed by atoms with Gasteiger partial charge in [0.25, 0.3) is 5.91 Å². The molecule has 190 valence electrons. The first-order valence-corrected chi connectivity index (χ1v) is 12.9. The van der Waals surface area contributed by atoms with Crippen molar-refractivity contribution in [3.8, 4) is 0 Å². The zero-order valence-corrected chi connectivity index (χ0v) is 21.4. The van der Waals surface area contributed by atoms with Gasteiger partial charge in [-0.05, 0) is 47.8 Å². The molecule has 4 fully saturated rings. The molecule has 1 aliphatic heterocycles. The number of ketones is 1. The van der Waals surface area contributed by atoms with Crippen LogP contribution < -0.4 is 16.8 Å². The topological polar surface area (TPSA) is 136 Å². The third-order valence-electron chi connectivity index (χ3n) is 10.3. The van der Waals surface area contributed by atoms with Crippen molar-refractivity contribution < 1.29 is 19.2 Å². The number of amides is 3. The van der Waals surface area contributed by atoms with E-state index in [2.05, 4.69) is 19.2 Å². The van der Waals surface area contributed by atoms with Crippen molar-refractivity contribution in [3.05, 3.63) is 0 Å². The number of fused-ring (bicyclic) bond motifs is 1. The first kappa shape index (κ1) is 25.1. The van der Waals surface area contributed by atoms with E-state index in [1.165, 1.54) is 6.42 Å². The molecule has 4 aliphatic rings. The molecule has 4 atom stereocenters. The summed E-state index contributed by atoms with van der Waals surface area (Å²) in [5.41, 5.74) is 11.3. The molecule has 1 saturated heterocycles. The fourth-order valence-electron chi connectivity index (χ4n) is 7.35. The molecule has 0 radical (unpaired) electrons. The second kappa shape index (κ2) is 8.04. The lowest BCUT2D eigenvalue weighted by molar-refractivity contribution is -0.143. The van der Waals surface area contributed by atoms with Crippen molar-refractivity contribution in [2.24, 2.45) is 39.0 Å². The van der Waals surface area contributed by atoms with Crippen LogP contribution in [-0.2, 0) is 19.2 Å². The number of hydrogen-bond acceptors (Lipinski definition) is 5. The van der Waals surface area contributed by atoms with Gasteiger partial charge in [0.1, 0.15) is 6.04 Å². The average molecular weight is 475 g/mol. The van der Waals surface area contributed by atoms with Gasteiger partial charge in [0.15, 0.2) is 0 Å². The summed E-state index contributed by atoms with van der Waals surface area (Å²) in [5.74, 6) is -2.09. The zero-order valence-electron chi connectivity index (χ0n) is 21.4. The Kier molecular flexibility index (Phi) is 5.94. The zero-order chi connectivity index (χ0) is 25.3. The van der Waals surface area contributed by atoms with Crippen LogP contribution in [-0.4, -0.2) is 53.1 Å². The Labute approximate surface area is 202 Å². The molecule has 2 unspecified atom stereocenters. The number of rotatable bonds is 7. The highest BCUT2D eigenvalue weighted by Crippen LogP contribution is 2.88. The average Bonchev–Trinajstić information content (AvgIpc) is 2.94. The summed E-state index contributed by atoms with van der Waals surface area (Å²) in [6.45, 7) is 10.8. The van der Waals surface area contributed by atoms with E-state index in [1.807, 2.05) is 20.8 Å². The standard InChI is InChI=1S/C26H42N4O4/c1-23(2,3)19(27)22(34)30-14-26(24(4,5)25(26)10-7-11-25)13-17(30)21(33)29-16(18(31)20(28)32)12-15-8-6-9-15/h15-17,19H,6-14,27H2,1-5H3,(H2,28,32)(H,29,33)/t16?,17-,19?,26+/m0/s1. The summed E-state index contributed by atoms with van der Waals surface area (Å²) in [5, 5.41) is 2.83. The van der Waals surface area contributed by atoms with Crippen molar-refractivity contribution in [2.75, 3.05) is 6.54 Å². The first-order valence-electron chi connectivity index (χ1n) is 12.9. The fraction of sp³-hybridized carbons (Fsp3) is 0.846. The molecule has 4 rings (SSSR count). The maximum atomic E-state index is 13.7. The van der Waals surface area contributed by atoms with Gasteiger partial charge in [-0.2, -0.15) is 0 Å². The molecule has 2 spiro atoms. The highest BCUT2D eigenvalue weighted by Gasteiger charge is 2.85. The third-order valence-corrected chi connectivity index (χ3v) is 10.3. The van der Waals surface area contributed by atoms with Gasteiger partial charge in [0.05, 0.1) is 12.1 Å². The summed E-state index contributed by atoms with van der Waals surface area (Å²) in [7, 11) is 0. The summed E-state index contributed by atoms with van der Waals surface area (Å²) in [6.07, 6.45) is 7.43. The largest absolute Gasteiger partial charge is 0.363 e.